The van der Waals surface area contributed by atoms with Gasteiger partial charge < -0.3 is 10.6 Å². The van der Waals surface area contributed by atoms with Gasteiger partial charge in [-0.3, -0.25) is 0 Å². The van der Waals surface area contributed by atoms with E-state index in [1.807, 2.05) is 0 Å². The van der Waals surface area contributed by atoms with E-state index in [0.717, 1.165) is 0 Å². The summed E-state index contributed by atoms with van der Waals surface area (Å²) in [6.07, 6.45) is 3.66. The van der Waals surface area contributed by atoms with Gasteiger partial charge in [0.15, 0.2) is 0 Å². The molecule has 0 saturated carbocycles. The van der Waals surface area contributed by atoms with Crippen molar-refractivity contribution < 1.29 is 0 Å². The Hall–Kier alpha value is -0.0800. The van der Waals surface area contributed by atoms with Crippen molar-refractivity contribution in [2.24, 2.45) is 0 Å². The van der Waals surface area contributed by atoms with E-state index >= 15 is 0 Å². The lowest BCUT2D eigenvalue weighted by molar-refractivity contribution is 0.133. The Morgan fingerprint density at radius 2 is 1.92 bits per heavy atom. The van der Waals surface area contributed by atoms with Crippen LogP contribution in [0.4, 0.5) is 0 Å². The smallest absolute Gasteiger partial charge is 0.0170 e. The van der Waals surface area contributed by atoms with Crippen LogP contribution in [0.5, 0.6) is 0 Å². The van der Waals surface area contributed by atoms with Crippen LogP contribution >= 0.6 is 0 Å². The summed E-state index contributed by atoms with van der Waals surface area (Å²) >= 11 is 0. The van der Waals surface area contributed by atoms with Gasteiger partial charge >= 0.3 is 0 Å². The molecule has 2 atom stereocenters. The normalized spacial score (nSPS) is 39.0. The van der Waals surface area contributed by atoms with E-state index in [4.69, 9.17) is 0 Å². The van der Waals surface area contributed by atoms with Gasteiger partial charge in [-0.25, -0.2) is 0 Å². The Morgan fingerprint density at radius 3 is 2.38 bits per heavy atom. The standard InChI is InChI=1S/C11H24N2/c1-6-11(4)8-9(12-5)7-10(2,3)13-11/h9,12-13H,6-8H2,1-5H3. The SMILES string of the molecule is CCC1(C)CC(NC)CC(C)(C)N1. The molecule has 1 fully saturated rings. The number of nitrogens with one attached hydrogen (secondary N) is 2. The molecule has 13 heavy (non-hydrogen) atoms. The summed E-state index contributed by atoms with van der Waals surface area (Å²) in [6, 6.07) is 0.668. The summed E-state index contributed by atoms with van der Waals surface area (Å²) in [7, 11) is 2.07. The van der Waals surface area contributed by atoms with E-state index < -0.39 is 0 Å². The van der Waals surface area contributed by atoms with Crippen LogP contribution in [0, 0.1) is 0 Å². The average molecular weight is 184 g/mol. The summed E-state index contributed by atoms with van der Waals surface area (Å²) < 4.78 is 0. The van der Waals surface area contributed by atoms with E-state index in [1.165, 1.54) is 19.3 Å². The minimum Gasteiger partial charge on any atom is -0.317 e. The molecule has 1 rings (SSSR count). The van der Waals surface area contributed by atoms with E-state index in [1.54, 1.807) is 0 Å². The molecular formula is C11H24N2. The molecule has 1 heterocycles. The molecule has 2 nitrogen and oxygen atoms in total. The van der Waals surface area contributed by atoms with Gasteiger partial charge in [0.25, 0.3) is 0 Å². The highest BCUT2D eigenvalue weighted by atomic mass is 15.1. The summed E-state index contributed by atoms with van der Waals surface area (Å²) in [4.78, 5) is 0. The van der Waals surface area contributed by atoms with Gasteiger partial charge in [-0.15, -0.1) is 0 Å². The lowest BCUT2D eigenvalue weighted by atomic mass is 9.77. The van der Waals surface area contributed by atoms with Gasteiger partial charge in [-0.05, 0) is 47.1 Å². The van der Waals surface area contributed by atoms with Crippen LogP contribution in [0.3, 0.4) is 0 Å². The fourth-order valence-corrected chi connectivity index (χ4v) is 2.59. The molecule has 1 aliphatic heterocycles. The largest absolute Gasteiger partial charge is 0.317 e. The fraction of sp³-hybridized carbons (Fsp3) is 1.00. The van der Waals surface area contributed by atoms with Crippen LogP contribution < -0.4 is 10.6 Å². The first-order chi connectivity index (χ1) is 5.91. The van der Waals surface area contributed by atoms with Gasteiger partial charge in [0, 0.05) is 17.1 Å². The third-order valence-corrected chi connectivity index (χ3v) is 3.28. The zero-order valence-corrected chi connectivity index (χ0v) is 9.70. The molecule has 1 saturated heterocycles. The molecule has 0 bridgehead atoms. The molecule has 0 radical (unpaired) electrons. The summed E-state index contributed by atoms with van der Waals surface area (Å²) in [5, 5.41) is 7.15. The molecule has 2 N–H and O–H groups in total. The zero-order valence-electron chi connectivity index (χ0n) is 9.70. The van der Waals surface area contributed by atoms with E-state index in [9.17, 15) is 0 Å². The van der Waals surface area contributed by atoms with Crippen LogP contribution in [0.15, 0.2) is 0 Å². The van der Waals surface area contributed by atoms with Crippen LogP contribution in [-0.4, -0.2) is 24.2 Å². The van der Waals surface area contributed by atoms with Crippen LogP contribution in [-0.2, 0) is 0 Å². The molecule has 2 unspecified atom stereocenters. The maximum absolute atomic E-state index is 3.74. The van der Waals surface area contributed by atoms with Crippen molar-refractivity contribution in [3.63, 3.8) is 0 Å². The lowest BCUT2D eigenvalue weighted by Gasteiger charge is -2.48. The number of piperidine rings is 1. The molecule has 0 spiro atoms. The van der Waals surface area contributed by atoms with E-state index in [2.05, 4.69) is 45.4 Å². The van der Waals surface area contributed by atoms with Crippen LogP contribution in [0.25, 0.3) is 0 Å². The van der Waals surface area contributed by atoms with Gasteiger partial charge in [0.2, 0.25) is 0 Å². The average Bonchev–Trinajstić information content (AvgIpc) is 2.01. The lowest BCUT2D eigenvalue weighted by Crippen LogP contribution is -2.62. The molecule has 0 amide bonds. The highest BCUT2D eigenvalue weighted by Crippen LogP contribution is 2.30. The predicted molar refractivity (Wildman–Crippen MR) is 58.0 cm³/mol. The highest BCUT2D eigenvalue weighted by molar-refractivity contribution is 5.00. The Bertz CT molecular complexity index is 177. The summed E-state index contributed by atoms with van der Waals surface area (Å²) in [6.45, 7) is 9.19. The minimum atomic E-state index is 0.274. The number of hydrogen-bond acceptors (Lipinski definition) is 2. The van der Waals surface area contributed by atoms with Crippen molar-refractivity contribution in [3.05, 3.63) is 0 Å². The number of rotatable bonds is 2. The third-order valence-electron chi connectivity index (χ3n) is 3.28. The van der Waals surface area contributed by atoms with E-state index in [0.29, 0.717) is 11.6 Å². The number of hydrogen-bond donors (Lipinski definition) is 2. The second kappa shape index (κ2) is 3.58. The fourth-order valence-electron chi connectivity index (χ4n) is 2.59. The Kier molecular flexibility index (Phi) is 3.03. The molecular weight excluding hydrogens is 160 g/mol. The van der Waals surface area contributed by atoms with Gasteiger partial charge in [0.1, 0.15) is 0 Å². The maximum Gasteiger partial charge on any atom is 0.0170 e. The van der Waals surface area contributed by atoms with Gasteiger partial charge in [-0.2, -0.15) is 0 Å². The van der Waals surface area contributed by atoms with Crippen molar-refractivity contribution in [1.82, 2.24) is 10.6 Å². The predicted octanol–water partition coefficient (Wildman–Crippen LogP) is 1.91. The maximum atomic E-state index is 3.74. The molecule has 0 aromatic carbocycles. The van der Waals surface area contributed by atoms with Crippen LogP contribution in [0.2, 0.25) is 0 Å². The molecule has 0 aromatic rings. The first-order valence-electron chi connectivity index (χ1n) is 5.37. The van der Waals surface area contributed by atoms with Crippen molar-refractivity contribution in [1.29, 1.82) is 0 Å². The van der Waals surface area contributed by atoms with Gasteiger partial charge in [-0.1, -0.05) is 6.92 Å². The highest BCUT2D eigenvalue weighted by Gasteiger charge is 2.38. The Morgan fingerprint density at radius 1 is 1.31 bits per heavy atom. The quantitative estimate of drug-likeness (QED) is 0.685. The molecule has 78 valence electrons. The molecule has 1 aliphatic rings. The monoisotopic (exact) mass is 184 g/mol. The van der Waals surface area contributed by atoms with Crippen molar-refractivity contribution in [2.75, 3.05) is 7.05 Å². The van der Waals surface area contributed by atoms with Crippen molar-refractivity contribution in [2.45, 2.75) is 64.1 Å². The van der Waals surface area contributed by atoms with Crippen LogP contribution in [0.1, 0.15) is 47.0 Å². The first-order valence-corrected chi connectivity index (χ1v) is 5.37. The van der Waals surface area contributed by atoms with E-state index in [-0.39, 0.29) is 5.54 Å². The van der Waals surface area contributed by atoms with Crippen molar-refractivity contribution in [3.8, 4) is 0 Å². The minimum absolute atomic E-state index is 0.274. The Balaban J connectivity index is 2.71. The zero-order chi connectivity index (χ0) is 10.1. The molecule has 2 heteroatoms. The molecule has 0 aliphatic carbocycles. The second-order valence-corrected chi connectivity index (χ2v) is 5.32. The molecule has 0 aromatic heterocycles. The summed E-state index contributed by atoms with van der Waals surface area (Å²) in [5.74, 6) is 0. The first kappa shape index (κ1) is 11.0. The Labute approximate surface area is 82.5 Å². The third kappa shape index (κ3) is 2.68. The second-order valence-electron chi connectivity index (χ2n) is 5.32. The van der Waals surface area contributed by atoms with Gasteiger partial charge in [0.05, 0.1) is 0 Å². The van der Waals surface area contributed by atoms with Crippen molar-refractivity contribution >= 4 is 0 Å². The summed E-state index contributed by atoms with van der Waals surface area (Å²) in [5.41, 5.74) is 0.589. The topological polar surface area (TPSA) is 24.1 Å².